The topological polar surface area (TPSA) is 92.8 Å². The largest absolute Gasteiger partial charge is 0.452 e. The molecule has 0 aromatic heterocycles. The summed E-state index contributed by atoms with van der Waals surface area (Å²) in [5, 5.41) is 1.81. The third-order valence-corrected chi connectivity index (χ3v) is 5.87. The van der Waals surface area contributed by atoms with E-state index < -0.39 is 57.7 Å². The first-order valence-electron chi connectivity index (χ1n) is 8.81. The molecule has 0 saturated carbocycles. The summed E-state index contributed by atoms with van der Waals surface area (Å²) in [4.78, 5) is 23.8. The van der Waals surface area contributed by atoms with Crippen LogP contribution in [0.2, 0.25) is 0 Å². The summed E-state index contributed by atoms with van der Waals surface area (Å²) in [7, 11) is -1.34. The Morgan fingerprint density at radius 1 is 0.939 bits per heavy atom. The first-order valence-corrected chi connectivity index (χ1v) is 10.2. The van der Waals surface area contributed by atoms with Crippen LogP contribution in [0.15, 0.2) is 47.4 Å². The molecule has 2 rings (SSSR count). The SMILES string of the molecule is CN(C)S(=O)(=O)c1cccc(C(=O)OCC(=O)Nc2cc(C(F)(F)F)cc(C(F)(F)F)c2)c1. The summed E-state index contributed by atoms with van der Waals surface area (Å²) >= 11 is 0. The molecule has 0 saturated heterocycles. The van der Waals surface area contributed by atoms with Gasteiger partial charge in [-0.15, -0.1) is 0 Å². The number of hydrogen-bond donors (Lipinski definition) is 1. The van der Waals surface area contributed by atoms with Crippen molar-refractivity contribution in [2.45, 2.75) is 17.2 Å². The number of nitrogens with one attached hydrogen (secondary N) is 1. The van der Waals surface area contributed by atoms with E-state index in [-0.39, 0.29) is 16.5 Å². The molecule has 0 aliphatic rings. The molecule has 0 heterocycles. The number of rotatable bonds is 6. The first-order chi connectivity index (χ1) is 15.0. The van der Waals surface area contributed by atoms with Gasteiger partial charge in [-0.2, -0.15) is 26.3 Å². The summed E-state index contributed by atoms with van der Waals surface area (Å²) in [6.45, 7) is -1.05. The molecule has 2 aromatic carbocycles. The first kappa shape index (κ1) is 26.1. The normalized spacial score (nSPS) is 12.5. The lowest BCUT2D eigenvalue weighted by Crippen LogP contribution is -2.23. The highest BCUT2D eigenvalue weighted by Gasteiger charge is 2.37. The number of anilines is 1. The minimum Gasteiger partial charge on any atom is -0.452 e. The lowest BCUT2D eigenvalue weighted by molar-refractivity contribution is -0.143. The molecule has 0 spiro atoms. The molecular formula is C19H16F6N2O5S. The van der Waals surface area contributed by atoms with Crippen molar-refractivity contribution in [3.63, 3.8) is 0 Å². The van der Waals surface area contributed by atoms with Crippen molar-refractivity contribution in [2.24, 2.45) is 0 Å². The zero-order chi connectivity index (χ0) is 25.2. The zero-order valence-corrected chi connectivity index (χ0v) is 17.7. The Hall–Kier alpha value is -3.13. The highest BCUT2D eigenvalue weighted by atomic mass is 32.2. The molecular weight excluding hydrogens is 482 g/mol. The van der Waals surface area contributed by atoms with Gasteiger partial charge in [0.1, 0.15) is 0 Å². The van der Waals surface area contributed by atoms with Crippen molar-refractivity contribution in [1.82, 2.24) is 4.31 Å². The van der Waals surface area contributed by atoms with Crippen molar-refractivity contribution < 1.29 is 49.1 Å². The van der Waals surface area contributed by atoms with Crippen LogP contribution in [0.5, 0.6) is 0 Å². The molecule has 180 valence electrons. The number of nitrogens with zero attached hydrogens (tertiary/aromatic N) is 1. The molecule has 7 nitrogen and oxygen atoms in total. The van der Waals surface area contributed by atoms with E-state index in [0.717, 1.165) is 10.4 Å². The highest BCUT2D eigenvalue weighted by Crippen LogP contribution is 2.37. The third-order valence-electron chi connectivity index (χ3n) is 4.05. The molecule has 0 aliphatic heterocycles. The van der Waals surface area contributed by atoms with E-state index >= 15 is 0 Å². The van der Waals surface area contributed by atoms with Crippen LogP contribution < -0.4 is 5.32 Å². The number of ether oxygens (including phenoxy) is 1. The van der Waals surface area contributed by atoms with Gasteiger partial charge in [0.2, 0.25) is 10.0 Å². The van der Waals surface area contributed by atoms with Crippen LogP contribution in [0.1, 0.15) is 21.5 Å². The zero-order valence-electron chi connectivity index (χ0n) is 16.9. The van der Waals surface area contributed by atoms with Crippen LogP contribution in [0.25, 0.3) is 0 Å². The molecule has 1 amide bonds. The maximum Gasteiger partial charge on any atom is 0.416 e. The fourth-order valence-corrected chi connectivity index (χ4v) is 3.38. The van der Waals surface area contributed by atoms with E-state index in [4.69, 9.17) is 0 Å². The van der Waals surface area contributed by atoms with Gasteiger partial charge < -0.3 is 10.1 Å². The number of sulfonamides is 1. The Labute approximate surface area is 184 Å². The second kappa shape index (κ2) is 9.39. The maximum atomic E-state index is 12.9. The number of amides is 1. The molecule has 0 bridgehead atoms. The Bertz CT molecular complexity index is 1130. The van der Waals surface area contributed by atoms with Gasteiger partial charge in [0.15, 0.2) is 6.61 Å². The number of benzene rings is 2. The molecule has 33 heavy (non-hydrogen) atoms. The molecule has 0 aliphatic carbocycles. The molecule has 14 heteroatoms. The predicted octanol–water partition coefficient (Wildman–Crippen LogP) is 3.77. The average molecular weight is 498 g/mol. The van der Waals surface area contributed by atoms with Gasteiger partial charge in [0.25, 0.3) is 5.91 Å². The fraction of sp³-hybridized carbons (Fsp3) is 0.263. The maximum absolute atomic E-state index is 12.9. The lowest BCUT2D eigenvalue weighted by Gasteiger charge is -2.15. The number of halogens is 6. The average Bonchev–Trinajstić information content (AvgIpc) is 2.70. The van der Waals surface area contributed by atoms with E-state index in [1.165, 1.54) is 32.3 Å². The molecule has 2 aromatic rings. The van der Waals surface area contributed by atoms with E-state index in [1.54, 1.807) is 5.32 Å². The quantitative estimate of drug-likeness (QED) is 0.484. The molecule has 0 radical (unpaired) electrons. The number of carbonyl (C=O) groups excluding carboxylic acids is 2. The van der Waals surface area contributed by atoms with E-state index in [1.807, 2.05) is 0 Å². The fourth-order valence-electron chi connectivity index (χ4n) is 2.43. The molecule has 0 fully saturated rings. The van der Waals surface area contributed by atoms with E-state index in [2.05, 4.69) is 4.74 Å². The van der Waals surface area contributed by atoms with Gasteiger partial charge in [-0.1, -0.05) is 6.07 Å². The smallest absolute Gasteiger partial charge is 0.416 e. The van der Waals surface area contributed by atoms with Gasteiger partial charge in [-0.25, -0.2) is 17.5 Å². The summed E-state index contributed by atoms with van der Waals surface area (Å²) < 4.78 is 107. The van der Waals surface area contributed by atoms with Crippen molar-refractivity contribution in [3.05, 3.63) is 59.2 Å². The van der Waals surface area contributed by atoms with Crippen molar-refractivity contribution in [1.29, 1.82) is 0 Å². The van der Waals surface area contributed by atoms with Gasteiger partial charge in [0, 0.05) is 19.8 Å². The predicted molar refractivity (Wildman–Crippen MR) is 103 cm³/mol. The summed E-state index contributed by atoms with van der Waals surface area (Å²) in [6, 6.07) is 5.12. The minimum absolute atomic E-state index is 0.107. The van der Waals surface area contributed by atoms with Gasteiger partial charge >= 0.3 is 18.3 Å². The third kappa shape index (κ3) is 6.68. The van der Waals surface area contributed by atoms with Crippen LogP contribution >= 0.6 is 0 Å². The Balaban J connectivity index is 2.14. The van der Waals surface area contributed by atoms with Crippen LogP contribution in [0.4, 0.5) is 32.0 Å². The van der Waals surface area contributed by atoms with Gasteiger partial charge in [-0.3, -0.25) is 4.79 Å². The number of esters is 1. The summed E-state index contributed by atoms with van der Waals surface area (Å²) in [6.07, 6.45) is -10.2. The minimum atomic E-state index is -5.11. The Kier molecular flexibility index (Phi) is 7.43. The van der Waals surface area contributed by atoms with Gasteiger partial charge in [-0.05, 0) is 36.4 Å². The van der Waals surface area contributed by atoms with Crippen molar-refractivity contribution in [3.8, 4) is 0 Å². The molecule has 0 atom stereocenters. The number of hydrogen-bond acceptors (Lipinski definition) is 5. The second-order valence-corrected chi connectivity index (χ2v) is 8.89. The van der Waals surface area contributed by atoms with Crippen LogP contribution in [0.3, 0.4) is 0 Å². The molecule has 1 N–H and O–H groups in total. The van der Waals surface area contributed by atoms with Crippen LogP contribution in [-0.4, -0.2) is 45.3 Å². The highest BCUT2D eigenvalue weighted by molar-refractivity contribution is 7.89. The Morgan fingerprint density at radius 3 is 1.97 bits per heavy atom. The standard InChI is InChI=1S/C19H16F6N2O5S/c1-27(2)33(30,31)15-5-3-4-11(6-15)17(29)32-10-16(28)26-14-8-12(18(20,21)22)7-13(9-14)19(23,24)25/h3-9H,10H2,1-2H3,(H,26,28). The van der Waals surface area contributed by atoms with Gasteiger partial charge in [0.05, 0.1) is 21.6 Å². The monoisotopic (exact) mass is 498 g/mol. The van der Waals surface area contributed by atoms with Crippen LogP contribution in [0, 0.1) is 0 Å². The summed E-state index contributed by atoms with van der Waals surface area (Å²) in [5.41, 5.74) is -4.33. The van der Waals surface area contributed by atoms with E-state index in [9.17, 15) is 44.3 Å². The number of carbonyl (C=O) groups is 2. The summed E-state index contributed by atoms with van der Waals surface area (Å²) in [5.74, 6) is -2.35. The van der Waals surface area contributed by atoms with Crippen LogP contribution in [-0.2, 0) is 31.9 Å². The van der Waals surface area contributed by atoms with E-state index in [0.29, 0.717) is 12.1 Å². The molecule has 0 unspecified atom stereocenters. The van der Waals surface area contributed by atoms with Crippen molar-refractivity contribution >= 4 is 27.6 Å². The lowest BCUT2D eigenvalue weighted by atomic mass is 10.1. The number of alkyl halides is 6. The second-order valence-electron chi connectivity index (χ2n) is 6.73. The van der Waals surface area contributed by atoms with Crippen molar-refractivity contribution in [2.75, 3.05) is 26.0 Å². The Morgan fingerprint density at radius 2 is 1.48 bits per heavy atom.